The Morgan fingerprint density at radius 1 is 1.17 bits per heavy atom. The molecule has 2 aliphatic rings. The van der Waals surface area contributed by atoms with Crippen molar-refractivity contribution >= 4 is 33.9 Å². The number of piperazine rings is 1. The average Bonchev–Trinajstić information content (AvgIpc) is 3.30. The Morgan fingerprint density at radius 3 is 2.67 bits per heavy atom. The third kappa shape index (κ3) is 4.34. The van der Waals surface area contributed by atoms with Crippen LogP contribution in [0.5, 0.6) is 0 Å². The predicted molar refractivity (Wildman–Crippen MR) is 116 cm³/mol. The second-order valence-electron chi connectivity index (χ2n) is 7.54. The highest BCUT2D eigenvalue weighted by Crippen LogP contribution is 2.39. The van der Waals surface area contributed by atoms with Crippen molar-refractivity contribution in [1.29, 1.82) is 0 Å². The summed E-state index contributed by atoms with van der Waals surface area (Å²) in [7, 11) is 0. The van der Waals surface area contributed by atoms with Crippen LogP contribution in [0.3, 0.4) is 0 Å². The van der Waals surface area contributed by atoms with Crippen molar-refractivity contribution in [2.75, 3.05) is 49.5 Å². The number of esters is 1. The Morgan fingerprint density at radius 2 is 1.93 bits per heavy atom. The minimum Gasteiger partial charge on any atom is -0.462 e. The molecular formula is C22H26FN3O3S. The number of ether oxygens (including phenoxy) is 1. The molecule has 4 rings (SSSR count). The molecule has 1 aliphatic carbocycles. The van der Waals surface area contributed by atoms with Crippen LogP contribution in [0.1, 0.15) is 34.1 Å². The molecule has 0 bridgehead atoms. The van der Waals surface area contributed by atoms with Gasteiger partial charge in [-0.25, -0.2) is 9.18 Å². The smallest absolute Gasteiger partial charge is 0.341 e. The Balaban J connectivity index is 1.36. The number of thiophene rings is 1. The molecule has 0 atom stereocenters. The van der Waals surface area contributed by atoms with Gasteiger partial charge in [0.15, 0.2) is 0 Å². The summed E-state index contributed by atoms with van der Waals surface area (Å²) >= 11 is 1.49. The lowest BCUT2D eigenvalue weighted by molar-refractivity contribution is -0.117. The van der Waals surface area contributed by atoms with Gasteiger partial charge in [-0.05, 0) is 43.9 Å². The van der Waals surface area contributed by atoms with Crippen molar-refractivity contribution < 1.29 is 18.7 Å². The van der Waals surface area contributed by atoms with E-state index >= 15 is 0 Å². The standard InChI is InChI=1S/C22H26FN3O3S/c1-2-29-22(28)20-15-6-5-9-18(15)30-21(20)24-19(27)14-25-10-12-26(13-11-25)17-8-4-3-7-16(17)23/h3-4,7-8H,2,5-6,9-14H2,1H3,(H,24,27). The lowest BCUT2D eigenvalue weighted by Gasteiger charge is -2.35. The topological polar surface area (TPSA) is 61.9 Å². The van der Waals surface area contributed by atoms with Crippen molar-refractivity contribution in [1.82, 2.24) is 4.90 Å². The second kappa shape index (κ2) is 9.14. The van der Waals surface area contributed by atoms with Gasteiger partial charge in [-0.15, -0.1) is 11.3 Å². The average molecular weight is 432 g/mol. The highest BCUT2D eigenvalue weighted by Gasteiger charge is 2.29. The van der Waals surface area contributed by atoms with Gasteiger partial charge >= 0.3 is 5.97 Å². The summed E-state index contributed by atoms with van der Waals surface area (Å²) in [6, 6.07) is 6.77. The number of anilines is 2. The Hall–Kier alpha value is -2.45. The Labute approximate surface area is 179 Å². The zero-order valence-electron chi connectivity index (χ0n) is 17.1. The number of rotatable bonds is 6. The number of nitrogens with one attached hydrogen (secondary N) is 1. The van der Waals surface area contributed by atoms with Crippen molar-refractivity contribution in [3.05, 3.63) is 46.1 Å². The Kier molecular flexibility index (Phi) is 6.34. The van der Waals surface area contributed by atoms with Crippen LogP contribution in [0.25, 0.3) is 0 Å². The molecule has 0 saturated carbocycles. The number of aryl methyl sites for hydroxylation is 1. The first-order valence-electron chi connectivity index (χ1n) is 10.4. The number of fused-ring (bicyclic) bond motifs is 1. The maximum Gasteiger partial charge on any atom is 0.341 e. The molecule has 6 nitrogen and oxygen atoms in total. The van der Waals surface area contributed by atoms with E-state index < -0.39 is 0 Å². The van der Waals surface area contributed by atoms with Gasteiger partial charge in [-0.1, -0.05) is 12.1 Å². The van der Waals surface area contributed by atoms with E-state index in [1.807, 2.05) is 11.0 Å². The summed E-state index contributed by atoms with van der Waals surface area (Å²) in [5.74, 6) is -0.716. The molecule has 160 valence electrons. The van der Waals surface area contributed by atoms with Gasteiger partial charge in [0.25, 0.3) is 0 Å². The van der Waals surface area contributed by atoms with Gasteiger partial charge < -0.3 is 15.0 Å². The first-order valence-corrected chi connectivity index (χ1v) is 11.2. The number of benzene rings is 1. The van der Waals surface area contributed by atoms with E-state index in [1.165, 1.54) is 22.3 Å². The summed E-state index contributed by atoms with van der Waals surface area (Å²) in [6.07, 6.45) is 2.84. The summed E-state index contributed by atoms with van der Waals surface area (Å²) in [6.45, 7) is 5.01. The molecule has 1 saturated heterocycles. The van der Waals surface area contributed by atoms with Gasteiger partial charge in [-0.3, -0.25) is 9.69 Å². The molecular weight excluding hydrogens is 405 g/mol. The van der Waals surface area contributed by atoms with E-state index in [0.29, 0.717) is 49.0 Å². The maximum absolute atomic E-state index is 14.0. The van der Waals surface area contributed by atoms with Crippen LogP contribution in [-0.2, 0) is 22.4 Å². The summed E-state index contributed by atoms with van der Waals surface area (Å²) in [4.78, 5) is 30.3. The molecule has 0 radical (unpaired) electrons. The predicted octanol–water partition coefficient (Wildman–Crippen LogP) is 3.31. The fraction of sp³-hybridized carbons (Fsp3) is 0.455. The van der Waals surface area contributed by atoms with Crippen LogP contribution in [0.2, 0.25) is 0 Å². The fourth-order valence-corrected chi connectivity index (χ4v) is 5.43. The quantitative estimate of drug-likeness (QED) is 0.711. The van der Waals surface area contributed by atoms with Gasteiger partial charge in [0.2, 0.25) is 5.91 Å². The minimum absolute atomic E-state index is 0.139. The van der Waals surface area contributed by atoms with Crippen molar-refractivity contribution in [3.8, 4) is 0 Å². The zero-order valence-corrected chi connectivity index (χ0v) is 17.9. The number of halogens is 1. The van der Waals surface area contributed by atoms with Gasteiger partial charge in [0.05, 0.1) is 24.4 Å². The molecule has 8 heteroatoms. The Bertz CT molecular complexity index is 938. The SMILES string of the molecule is CCOC(=O)c1c(NC(=O)CN2CCN(c3ccccc3F)CC2)sc2c1CCC2. The first kappa shape index (κ1) is 20.8. The third-order valence-electron chi connectivity index (χ3n) is 5.59. The van der Waals surface area contributed by atoms with E-state index in [4.69, 9.17) is 4.74 Å². The summed E-state index contributed by atoms with van der Waals surface area (Å²) in [5.41, 5.74) is 2.17. The number of hydrogen-bond donors (Lipinski definition) is 1. The molecule has 1 N–H and O–H groups in total. The molecule has 1 aromatic carbocycles. The highest BCUT2D eigenvalue weighted by atomic mass is 32.1. The van der Waals surface area contributed by atoms with Crippen molar-refractivity contribution in [2.45, 2.75) is 26.2 Å². The molecule has 0 spiro atoms. The lowest BCUT2D eigenvalue weighted by atomic mass is 10.1. The number of hydrogen-bond acceptors (Lipinski definition) is 6. The molecule has 2 aromatic rings. The van der Waals surface area contributed by atoms with Gasteiger partial charge in [0.1, 0.15) is 10.8 Å². The molecule has 30 heavy (non-hydrogen) atoms. The van der Waals surface area contributed by atoms with Crippen LogP contribution in [-0.4, -0.2) is 56.1 Å². The number of carbonyl (C=O) groups excluding carboxylic acids is 2. The molecule has 0 unspecified atom stereocenters. The number of para-hydroxylation sites is 1. The van der Waals surface area contributed by atoms with Crippen molar-refractivity contribution in [3.63, 3.8) is 0 Å². The summed E-state index contributed by atoms with van der Waals surface area (Å²) in [5, 5.41) is 3.55. The molecule has 2 heterocycles. The monoisotopic (exact) mass is 431 g/mol. The van der Waals surface area contributed by atoms with Crippen LogP contribution >= 0.6 is 11.3 Å². The third-order valence-corrected chi connectivity index (χ3v) is 6.79. The molecule has 1 aromatic heterocycles. The molecule has 1 amide bonds. The van der Waals surface area contributed by atoms with E-state index in [0.717, 1.165) is 24.8 Å². The van der Waals surface area contributed by atoms with Crippen LogP contribution in [0, 0.1) is 5.82 Å². The van der Waals surface area contributed by atoms with Crippen LogP contribution in [0.4, 0.5) is 15.1 Å². The highest BCUT2D eigenvalue weighted by molar-refractivity contribution is 7.17. The summed E-state index contributed by atoms with van der Waals surface area (Å²) < 4.78 is 19.2. The molecule has 1 aliphatic heterocycles. The number of nitrogens with zero attached hydrogens (tertiary/aromatic N) is 2. The van der Waals surface area contributed by atoms with Gasteiger partial charge in [0, 0.05) is 31.1 Å². The van der Waals surface area contributed by atoms with E-state index in [9.17, 15) is 14.0 Å². The van der Waals surface area contributed by atoms with Gasteiger partial charge in [-0.2, -0.15) is 0 Å². The minimum atomic E-state index is -0.356. The van der Waals surface area contributed by atoms with E-state index in [2.05, 4.69) is 10.2 Å². The van der Waals surface area contributed by atoms with Crippen LogP contribution < -0.4 is 10.2 Å². The molecule has 1 fully saturated rings. The largest absolute Gasteiger partial charge is 0.462 e. The fourth-order valence-electron chi connectivity index (χ4n) is 4.14. The number of carbonyl (C=O) groups is 2. The zero-order chi connectivity index (χ0) is 21.1. The number of amides is 1. The second-order valence-corrected chi connectivity index (χ2v) is 8.65. The van der Waals surface area contributed by atoms with Crippen molar-refractivity contribution in [2.24, 2.45) is 0 Å². The van der Waals surface area contributed by atoms with E-state index in [-0.39, 0.29) is 24.2 Å². The van der Waals surface area contributed by atoms with E-state index in [1.54, 1.807) is 19.1 Å². The normalized spacial score (nSPS) is 16.4. The lowest BCUT2D eigenvalue weighted by Crippen LogP contribution is -2.48. The first-order chi connectivity index (χ1) is 14.6. The van der Waals surface area contributed by atoms with Crippen LogP contribution in [0.15, 0.2) is 24.3 Å². The maximum atomic E-state index is 14.0.